The lowest BCUT2D eigenvalue weighted by Crippen LogP contribution is -2.37. The standard InChI is InChI=1S/C20H20F3N3O2/c21-13-4-2-12(3-5-13)18-15(6-8-25-20(28)24-7-1-9-27)16-10-14(22)11-17(23)19(16)26-18/h2-5,10-11,26-27H,1,6-9H2,(H2,24,25,28). The van der Waals surface area contributed by atoms with Crippen LogP contribution < -0.4 is 10.6 Å². The summed E-state index contributed by atoms with van der Waals surface area (Å²) in [5, 5.41) is 14.4. The number of aromatic amines is 1. The van der Waals surface area contributed by atoms with Gasteiger partial charge in [-0.15, -0.1) is 0 Å². The number of benzene rings is 2. The van der Waals surface area contributed by atoms with Crippen molar-refractivity contribution >= 4 is 16.9 Å². The predicted octanol–water partition coefficient (Wildman–Crippen LogP) is 3.48. The second-order valence-corrected chi connectivity index (χ2v) is 6.31. The first kappa shape index (κ1) is 19.8. The molecule has 0 aliphatic heterocycles. The molecule has 8 heteroatoms. The molecule has 0 aliphatic rings. The fourth-order valence-corrected chi connectivity index (χ4v) is 3.04. The Bertz CT molecular complexity index is 971. The van der Waals surface area contributed by atoms with E-state index in [1.165, 1.54) is 18.2 Å². The summed E-state index contributed by atoms with van der Waals surface area (Å²) in [6, 6.07) is 7.30. The summed E-state index contributed by atoms with van der Waals surface area (Å²) in [6.45, 7) is 0.546. The molecule has 5 nitrogen and oxygen atoms in total. The Morgan fingerprint density at radius 1 is 1.00 bits per heavy atom. The monoisotopic (exact) mass is 391 g/mol. The zero-order valence-corrected chi connectivity index (χ0v) is 15.0. The molecule has 3 aromatic rings. The number of urea groups is 1. The largest absolute Gasteiger partial charge is 0.396 e. The van der Waals surface area contributed by atoms with Crippen molar-refractivity contribution in [2.24, 2.45) is 0 Å². The molecule has 2 aromatic carbocycles. The number of aliphatic hydroxyl groups excluding tert-OH is 1. The van der Waals surface area contributed by atoms with Gasteiger partial charge in [0.1, 0.15) is 17.5 Å². The summed E-state index contributed by atoms with van der Waals surface area (Å²) in [6.07, 6.45) is 0.756. The van der Waals surface area contributed by atoms with E-state index < -0.39 is 23.5 Å². The number of H-pyrrole nitrogens is 1. The van der Waals surface area contributed by atoms with Gasteiger partial charge in [0.05, 0.1) is 5.52 Å². The molecule has 0 unspecified atom stereocenters. The summed E-state index contributed by atoms with van der Waals surface area (Å²) in [7, 11) is 0. The van der Waals surface area contributed by atoms with E-state index in [1.807, 2.05) is 0 Å². The number of halogens is 3. The Labute approximate surface area is 159 Å². The zero-order valence-electron chi connectivity index (χ0n) is 15.0. The van der Waals surface area contributed by atoms with E-state index in [1.54, 1.807) is 12.1 Å². The molecule has 0 saturated carbocycles. The number of rotatable bonds is 7. The number of nitrogens with one attached hydrogen (secondary N) is 3. The lowest BCUT2D eigenvalue weighted by molar-refractivity contribution is 0.238. The van der Waals surface area contributed by atoms with Gasteiger partial charge in [-0.05, 0) is 54.3 Å². The third kappa shape index (κ3) is 4.45. The van der Waals surface area contributed by atoms with Crippen LogP contribution in [0.4, 0.5) is 18.0 Å². The maximum Gasteiger partial charge on any atom is 0.314 e. The maximum atomic E-state index is 14.2. The Morgan fingerprint density at radius 3 is 2.43 bits per heavy atom. The minimum Gasteiger partial charge on any atom is -0.396 e. The highest BCUT2D eigenvalue weighted by Gasteiger charge is 2.17. The first-order valence-electron chi connectivity index (χ1n) is 8.87. The molecule has 0 bridgehead atoms. The van der Waals surface area contributed by atoms with Crippen LogP contribution in [-0.4, -0.2) is 35.8 Å². The number of fused-ring (bicyclic) bond motifs is 1. The minimum atomic E-state index is -0.723. The van der Waals surface area contributed by atoms with Gasteiger partial charge in [-0.25, -0.2) is 18.0 Å². The van der Waals surface area contributed by atoms with Crippen LogP contribution in [0.15, 0.2) is 36.4 Å². The highest BCUT2D eigenvalue weighted by atomic mass is 19.1. The Balaban J connectivity index is 1.87. The number of hydrogen-bond acceptors (Lipinski definition) is 2. The average molecular weight is 391 g/mol. The third-order valence-corrected chi connectivity index (χ3v) is 4.35. The number of carbonyl (C=O) groups is 1. The summed E-state index contributed by atoms with van der Waals surface area (Å²) in [5.41, 5.74) is 1.94. The average Bonchev–Trinajstić information content (AvgIpc) is 3.01. The quantitative estimate of drug-likeness (QED) is 0.466. The van der Waals surface area contributed by atoms with E-state index in [0.717, 1.165) is 6.07 Å². The number of aromatic nitrogens is 1. The fourth-order valence-electron chi connectivity index (χ4n) is 3.04. The van der Waals surface area contributed by atoms with Gasteiger partial charge in [0.15, 0.2) is 0 Å². The Hall–Kier alpha value is -3.00. The van der Waals surface area contributed by atoms with Gasteiger partial charge in [-0.3, -0.25) is 0 Å². The topological polar surface area (TPSA) is 77.2 Å². The molecule has 0 saturated heterocycles. The molecule has 0 fully saturated rings. The highest BCUT2D eigenvalue weighted by molar-refractivity contribution is 5.91. The first-order valence-corrected chi connectivity index (χ1v) is 8.87. The van der Waals surface area contributed by atoms with E-state index in [9.17, 15) is 18.0 Å². The van der Waals surface area contributed by atoms with Crippen LogP contribution in [0, 0.1) is 17.5 Å². The predicted molar refractivity (Wildman–Crippen MR) is 100 cm³/mol. The van der Waals surface area contributed by atoms with Crippen molar-refractivity contribution in [3.8, 4) is 11.3 Å². The van der Waals surface area contributed by atoms with Crippen LogP contribution in [-0.2, 0) is 6.42 Å². The van der Waals surface area contributed by atoms with Gasteiger partial charge in [0.25, 0.3) is 0 Å². The number of hydrogen-bond donors (Lipinski definition) is 4. The van der Waals surface area contributed by atoms with Crippen molar-refractivity contribution in [3.63, 3.8) is 0 Å². The second-order valence-electron chi connectivity index (χ2n) is 6.31. The van der Waals surface area contributed by atoms with Crippen LogP contribution >= 0.6 is 0 Å². The molecule has 2 amide bonds. The number of aliphatic hydroxyl groups is 1. The van der Waals surface area contributed by atoms with Crippen LogP contribution in [0.2, 0.25) is 0 Å². The van der Waals surface area contributed by atoms with Crippen molar-refractivity contribution in [2.45, 2.75) is 12.8 Å². The van der Waals surface area contributed by atoms with E-state index >= 15 is 0 Å². The normalized spacial score (nSPS) is 11.0. The van der Waals surface area contributed by atoms with Crippen LogP contribution in [0.1, 0.15) is 12.0 Å². The lowest BCUT2D eigenvalue weighted by Gasteiger charge is -2.09. The molecule has 1 heterocycles. The van der Waals surface area contributed by atoms with Crippen molar-refractivity contribution in [1.82, 2.24) is 15.6 Å². The molecule has 28 heavy (non-hydrogen) atoms. The number of carbonyl (C=O) groups excluding carboxylic acids is 1. The molecule has 4 N–H and O–H groups in total. The molecular formula is C20H20F3N3O2. The van der Waals surface area contributed by atoms with Crippen molar-refractivity contribution in [3.05, 3.63) is 59.4 Å². The van der Waals surface area contributed by atoms with Gasteiger partial charge in [0, 0.05) is 36.8 Å². The van der Waals surface area contributed by atoms with Gasteiger partial charge in [-0.2, -0.15) is 0 Å². The van der Waals surface area contributed by atoms with Crippen molar-refractivity contribution in [2.75, 3.05) is 19.7 Å². The SMILES string of the molecule is O=C(NCCCO)NCCc1c(-c2ccc(F)cc2)[nH]c2c(F)cc(F)cc12. The van der Waals surface area contributed by atoms with Gasteiger partial charge in [0.2, 0.25) is 0 Å². The summed E-state index contributed by atoms with van der Waals surface area (Å²) < 4.78 is 41.2. The molecule has 0 atom stereocenters. The van der Waals surface area contributed by atoms with Crippen LogP contribution in [0.25, 0.3) is 22.2 Å². The summed E-state index contributed by atoms with van der Waals surface area (Å²) in [4.78, 5) is 14.7. The summed E-state index contributed by atoms with van der Waals surface area (Å²) in [5.74, 6) is -1.83. The smallest absolute Gasteiger partial charge is 0.314 e. The van der Waals surface area contributed by atoms with Gasteiger partial charge < -0.3 is 20.7 Å². The van der Waals surface area contributed by atoms with E-state index in [0.29, 0.717) is 41.6 Å². The molecule has 3 rings (SSSR count). The molecule has 0 aliphatic carbocycles. The van der Waals surface area contributed by atoms with E-state index in [2.05, 4.69) is 15.6 Å². The minimum absolute atomic E-state index is 0.0201. The summed E-state index contributed by atoms with van der Waals surface area (Å²) >= 11 is 0. The molecule has 148 valence electrons. The molecule has 0 spiro atoms. The number of amides is 2. The maximum absolute atomic E-state index is 14.2. The molecule has 0 radical (unpaired) electrons. The van der Waals surface area contributed by atoms with Gasteiger partial charge in [-0.1, -0.05) is 0 Å². The third-order valence-electron chi connectivity index (χ3n) is 4.35. The van der Waals surface area contributed by atoms with Gasteiger partial charge >= 0.3 is 6.03 Å². The zero-order chi connectivity index (χ0) is 20.1. The lowest BCUT2D eigenvalue weighted by atomic mass is 10.0. The molecule has 1 aromatic heterocycles. The first-order chi connectivity index (χ1) is 13.5. The Morgan fingerprint density at radius 2 is 1.71 bits per heavy atom. The fraction of sp³-hybridized carbons (Fsp3) is 0.250. The highest BCUT2D eigenvalue weighted by Crippen LogP contribution is 2.32. The Kier molecular flexibility index (Phi) is 6.20. The van der Waals surface area contributed by atoms with E-state index in [4.69, 9.17) is 5.11 Å². The van der Waals surface area contributed by atoms with Crippen molar-refractivity contribution < 1.29 is 23.1 Å². The van der Waals surface area contributed by atoms with Crippen molar-refractivity contribution in [1.29, 1.82) is 0 Å². The van der Waals surface area contributed by atoms with E-state index in [-0.39, 0.29) is 18.7 Å². The second kappa shape index (κ2) is 8.79. The van der Waals surface area contributed by atoms with Crippen LogP contribution in [0.3, 0.4) is 0 Å². The van der Waals surface area contributed by atoms with Crippen LogP contribution in [0.5, 0.6) is 0 Å². The molecular weight excluding hydrogens is 371 g/mol.